The fourth-order valence-electron chi connectivity index (χ4n) is 7.77. The van der Waals surface area contributed by atoms with E-state index in [1.807, 2.05) is 13.8 Å². The Morgan fingerprint density at radius 1 is 1.25 bits per heavy atom. The molecule has 0 radical (unpaired) electrons. The van der Waals surface area contributed by atoms with Gasteiger partial charge >= 0.3 is 0 Å². The van der Waals surface area contributed by atoms with Crippen molar-refractivity contribution in [1.82, 2.24) is 0 Å². The van der Waals surface area contributed by atoms with Crippen molar-refractivity contribution >= 4 is 5.78 Å². The summed E-state index contributed by atoms with van der Waals surface area (Å²) >= 11 is 0. The summed E-state index contributed by atoms with van der Waals surface area (Å²) in [7, 11) is 0. The highest BCUT2D eigenvalue weighted by Gasteiger charge is 2.67. The molecule has 32 heavy (non-hydrogen) atoms. The molecule has 0 aromatic heterocycles. The van der Waals surface area contributed by atoms with Crippen LogP contribution in [-0.4, -0.2) is 34.4 Å². The number of aliphatic hydroxyl groups excluding tert-OH is 2. The number of allylic oxidation sites excluding steroid dienone is 4. The van der Waals surface area contributed by atoms with Gasteiger partial charge in [-0.15, -0.1) is 0 Å². The number of aliphatic hydroxyl groups is 2. The van der Waals surface area contributed by atoms with Crippen LogP contribution in [0.3, 0.4) is 0 Å². The molecule has 0 spiro atoms. The Labute approximate surface area is 193 Å². The number of hydrogen-bond acceptors (Lipinski definition) is 3. The van der Waals surface area contributed by atoms with E-state index in [1.165, 1.54) is 24.1 Å². The lowest BCUT2D eigenvalue weighted by Gasteiger charge is -2.64. The van der Waals surface area contributed by atoms with Gasteiger partial charge in [-0.25, -0.2) is 4.39 Å². The quantitative estimate of drug-likeness (QED) is 0.366. The highest BCUT2D eigenvalue weighted by atomic mass is 19.1. The molecule has 0 saturated heterocycles. The number of alkyl halides is 1. The number of ketones is 1. The zero-order chi connectivity index (χ0) is 23.9. The van der Waals surface area contributed by atoms with E-state index < -0.39 is 17.2 Å². The minimum Gasteiger partial charge on any atom is -0.392 e. The topological polar surface area (TPSA) is 57.5 Å². The third kappa shape index (κ3) is 3.66. The summed E-state index contributed by atoms with van der Waals surface area (Å²) in [5, 5.41) is 21.8. The number of halogens is 1. The van der Waals surface area contributed by atoms with Crippen LogP contribution in [0.25, 0.3) is 0 Å². The van der Waals surface area contributed by atoms with Crippen molar-refractivity contribution in [1.29, 1.82) is 0 Å². The largest absolute Gasteiger partial charge is 0.392 e. The summed E-state index contributed by atoms with van der Waals surface area (Å²) < 4.78 is 17.2. The maximum Gasteiger partial charge on any atom is 0.178 e. The van der Waals surface area contributed by atoms with Crippen LogP contribution in [0.15, 0.2) is 35.5 Å². The molecule has 3 nitrogen and oxygen atoms in total. The van der Waals surface area contributed by atoms with Gasteiger partial charge in [0.15, 0.2) is 5.78 Å². The maximum atomic E-state index is 17.2. The molecular formula is C28H43FO3. The van der Waals surface area contributed by atoms with E-state index in [9.17, 15) is 15.0 Å². The van der Waals surface area contributed by atoms with Crippen LogP contribution < -0.4 is 0 Å². The molecule has 4 heteroatoms. The Morgan fingerprint density at radius 3 is 2.38 bits per heavy atom. The third-order valence-corrected chi connectivity index (χ3v) is 9.64. The zero-order valence-corrected chi connectivity index (χ0v) is 20.7. The number of hydrogen-bond donors (Lipinski definition) is 2. The van der Waals surface area contributed by atoms with Crippen LogP contribution in [0.5, 0.6) is 0 Å². The Balaban J connectivity index is 2.07. The van der Waals surface area contributed by atoms with Crippen molar-refractivity contribution < 1.29 is 19.4 Å². The lowest BCUT2D eigenvalue weighted by atomic mass is 9.43. The highest BCUT2D eigenvalue weighted by Crippen LogP contribution is 2.66. The second kappa shape index (κ2) is 9.18. The second-order valence-electron chi connectivity index (χ2n) is 11.2. The Kier molecular flexibility index (Phi) is 7.27. The molecule has 0 aliphatic heterocycles. The Bertz CT molecular complexity index is 803. The van der Waals surface area contributed by atoms with Crippen molar-refractivity contribution in [2.24, 2.45) is 28.6 Å². The molecule has 6 atom stereocenters. The van der Waals surface area contributed by atoms with E-state index in [2.05, 4.69) is 27.4 Å². The first-order chi connectivity index (χ1) is 15.0. The fourth-order valence-corrected chi connectivity index (χ4v) is 7.77. The predicted molar refractivity (Wildman–Crippen MR) is 128 cm³/mol. The van der Waals surface area contributed by atoms with Gasteiger partial charge < -0.3 is 10.2 Å². The zero-order valence-electron chi connectivity index (χ0n) is 20.7. The normalized spacial score (nSPS) is 38.6. The first-order valence-corrected chi connectivity index (χ1v) is 12.6. The van der Waals surface area contributed by atoms with Gasteiger partial charge in [-0.05, 0) is 79.9 Å². The van der Waals surface area contributed by atoms with E-state index in [0.717, 1.165) is 36.8 Å². The average Bonchev–Trinajstić information content (AvgIpc) is 2.70. The second-order valence-corrected chi connectivity index (χ2v) is 11.2. The summed E-state index contributed by atoms with van der Waals surface area (Å²) in [4.78, 5) is 12.1. The van der Waals surface area contributed by atoms with Crippen LogP contribution in [0.4, 0.5) is 4.39 Å². The summed E-state index contributed by atoms with van der Waals surface area (Å²) in [6.45, 7) is 13.8. The molecule has 3 saturated carbocycles. The number of carbonyl (C=O) groups excluding carboxylic acids is 1. The molecule has 3 aliphatic carbocycles. The molecule has 180 valence electrons. The average molecular weight is 447 g/mol. The van der Waals surface area contributed by atoms with Gasteiger partial charge in [-0.3, -0.25) is 4.79 Å². The van der Waals surface area contributed by atoms with Crippen molar-refractivity contribution in [2.75, 3.05) is 6.61 Å². The summed E-state index contributed by atoms with van der Waals surface area (Å²) in [5.74, 6) is -0.246. The standard InChI is InChI=1S/C28H43FO3/c1-7-20(31)15-19-13-14-24-23(9-3)27(6,16-25(32)28(24,29)26(19,4)5)22(8-2)21(17-30)18-11-10-12-18/h7,15,22-25,30,32H,1,8-14,16-17H2,2-6H3/b19-15-/t22?,23?,24?,25?,27?,28-/m0/s1. The molecule has 0 heterocycles. The lowest BCUT2D eigenvalue weighted by molar-refractivity contribution is -0.211. The van der Waals surface area contributed by atoms with Gasteiger partial charge in [0.25, 0.3) is 0 Å². The SMILES string of the molecule is C=CC(=O)/C=C1/CCC2C(CC)C(C)(C(CC)C(CO)=C3CCC3)CC(O)[C@]2(F)C1(C)C. The summed E-state index contributed by atoms with van der Waals surface area (Å²) in [5.41, 5.74) is 0.289. The monoisotopic (exact) mass is 446 g/mol. The molecule has 0 amide bonds. The van der Waals surface area contributed by atoms with Crippen LogP contribution in [-0.2, 0) is 4.79 Å². The smallest absolute Gasteiger partial charge is 0.178 e. The van der Waals surface area contributed by atoms with E-state index in [1.54, 1.807) is 0 Å². The lowest BCUT2D eigenvalue weighted by Crippen LogP contribution is -2.67. The van der Waals surface area contributed by atoms with Crippen molar-refractivity contribution in [3.8, 4) is 0 Å². The first-order valence-electron chi connectivity index (χ1n) is 12.6. The van der Waals surface area contributed by atoms with E-state index in [0.29, 0.717) is 19.3 Å². The minimum absolute atomic E-state index is 0.0590. The van der Waals surface area contributed by atoms with Crippen LogP contribution in [0.1, 0.15) is 86.0 Å². The maximum absolute atomic E-state index is 17.2. The van der Waals surface area contributed by atoms with Crippen molar-refractivity contribution in [3.05, 3.63) is 35.5 Å². The van der Waals surface area contributed by atoms with Gasteiger partial charge in [-0.2, -0.15) is 0 Å². The molecule has 0 aromatic rings. The Hall–Kier alpha value is -1.26. The van der Waals surface area contributed by atoms with Crippen molar-refractivity contribution in [3.63, 3.8) is 0 Å². The minimum atomic E-state index is -1.79. The predicted octanol–water partition coefficient (Wildman–Crippen LogP) is 6.11. The molecule has 2 N–H and O–H groups in total. The number of fused-ring (bicyclic) bond motifs is 1. The van der Waals surface area contributed by atoms with Gasteiger partial charge in [0.1, 0.15) is 5.67 Å². The van der Waals surface area contributed by atoms with E-state index in [-0.39, 0.29) is 35.6 Å². The Morgan fingerprint density at radius 2 is 1.91 bits per heavy atom. The highest BCUT2D eigenvalue weighted by molar-refractivity contribution is 5.99. The third-order valence-electron chi connectivity index (χ3n) is 9.64. The van der Waals surface area contributed by atoms with Gasteiger partial charge in [0, 0.05) is 11.3 Å². The number of rotatable bonds is 7. The molecule has 5 unspecified atom stereocenters. The molecule has 3 fully saturated rings. The van der Waals surface area contributed by atoms with E-state index in [4.69, 9.17) is 0 Å². The summed E-state index contributed by atoms with van der Waals surface area (Å²) in [6.07, 6.45) is 8.35. The molecule has 0 aromatic carbocycles. The van der Waals surface area contributed by atoms with Gasteiger partial charge in [-0.1, -0.05) is 58.8 Å². The van der Waals surface area contributed by atoms with Crippen LogP contribution in [0.2, 0.25) is 0 Å². The molecule has 3 aliphatic rings. The first kappa shape index (κ1) is 25.4. The number of carbonyl (C=O) groups is 1. The fraction of sp³-hybridized carbons (Fsp3) is 0.750. The van der Waals surface area contributed by atoms with Crippen LogP contribution in [0, 0.1) is 28.6 Å². The molecule has 0 bridgehead atoms. The van der Waals surface area contributed by atoms with E-state index >= 15 is 4.39 Å². The van der Waals surface area contributed by atoms with Gasteiger partial charge in [0.2, 0.25) is 0 Å². The molecule has 3 rings (SSSR count). The van der Waals surface area contributed by atoms with Gasteiger partial charge in [0.05, 0.1) is 12.7 Å². The summed E-state index contributed by atoms with van der Waals surface area (Å²) in [6, 6.07) is 0. The van der Waals surface area contributed by atoms with Crippen LogP contribution >= 0.6 is 0 Å². The van der Waals surface area contributed by atoms with Crippen molar-refractivity contribution in [2.45, 2.75) is 97.8 Å². The molecular weight excluding hydrogens is 403 g/mol.